The Hall–Kier alpha value is -3.26. The van der Waals surface area contributed by atoms with Crippen molar-refractivity contribution in [3.8, 4) is 0 Å². The van der Waals surface area contributed by atoms with E-state index in [9.17, 15) is 14.7 Å². The van der Waals surface area contributed by atoms with Crippen LogP contribution in [-0.4, -0.2) is 62.7 Å². The average molecular weight is 476 g/mol. The Balaban J connectivity index is 1.10. The van der Waals surface area contributed by atoms with Gasteiger partial charge in [0, 0.05) is 29.9 Å². The second-order valence-corrected chi connectivity index (χ2v) is 9.90. The number of H-pyrrole nitrogens is 1. The predicted molar refractivity (Wildman–Crippen MR) is 133 cm³/mol. The van der Waals surface area contributed by atoms with E-state index in [0.29, 0.717) is 29.8 Å². The van der Waals surface area contributed by atoms with Crippen molar-refractivity contribution in [1.29, 1.82) is 0 Å². The molecular weight excluding hydrogens is 442 g/mol. The molecule has 8 nitrogen and oxygen atoms in total. The van der Waals surface area contributed by atoms with Gasteiger partial charge in [-0.1, -0.05) is 12.1 Å². The van der Waals surface area contributed by atoms with Crippen LogP contribution in [0, 0.1) is 5.92 Å². The topological polar surface area (TPSA) is 111 Å². The number of benzene rings is 1. The minimum Gasteiger partial charge on any atom is -0.480 e. The number of fused-ring (bicyclic) bond motifs is 2. The van der Waals surface area contributed by atoms with Crippen molar-refractivity contribution >= 4 is 22.8 Å². The van der Waals surface area contributed by atoms with E-state index in [2.05, 4.69) is 32.5 Å². The van der Waals surface area contributed by atoms with Crippen molar-refractivity contribution in [1.82, 2.24) is 25.4 Å². The van der Waals surface area contributed by atoms with Gasteiger partial charge in [0.1, 0.15) is 6.04 Å². The van der Waals surface area contributed by atoms with Gasteiger partial charge in [0.2, 0.25) is 0 Å². The van der Waals surface area contributed by atoms with Gasteiger partial charge in [-0.15, -0.1) is 0 Å². The maximum Gasteiger partial charge on any atom is 0.326 e. The molecule has 1 saturated heterocycles. The van der Waals surface area contributed by atoms with Crippen LogP contribution in [-0.2, 0) is 24.1 Å². The zero-order valence-electron chi connectivity index (χ0n) is 20.0. The molecule has 2 aromatic heterocycles. The summed E-state index contributed by atoms with van der Waals surface area (Å²) in [4.78, 5) is 31.9. The summed E-state index contributed by atoms with van der Waals surface area (Å²) in [5.41, 5.74) is 5.10. The summed E-state index contributed by atoms with van der Waals surface area (Å²) in [6.07, 6.45) is 9.99. The highest BCUT2D eigenvalue weighted by Crippen LogP contribution is 2.24. The summed E-state index contributed by atoms with van der Waals surface area (Å²) >= 11 is 0. The second-order valence-electron chi connectivity index (χ2n) is 9.90. The van der Waals surface area contributed by atoms with Gasteiger partial charge in [-0.2, -0.15) is 5.10 Å². The first kappa shape index (κ1) is 23.5. The number of pyridine rings is 1. The number of aryl methyl sites for hydroxylation is 3. The second kappa shape index (κ2) is 10.6. The number of nitrogens with zero attached hydrogens (tertiary/aromatic N) is 3. The Bertz CT molecular complexity index is 1210. The molecule has 0 saturated carbocycles. The first-order chi connectivity index (χ1) is 17.1. The quantitative estimate of drug-likeness (QED) is 0.438. The van der Waals surface area contributed by atoms with Gasteiger partial charge in [-0.25, -0.2) is 4.79 Å². The third-order valence-corrected chi connectivity index (χ3v) is 7.48. The number of aromatic amines is 1. The van der Waals surface area contributed by atoms with Crippen LogP contribution in [0.1, 0.15) is 59.4 Å². The third-order valence-electron chi connectivity index (χ3n) is 7.48. The summed E-state index contributed by atoms with van der Waals surface area (Å²) in [5.74, 6) is -0.794. The highest BCUT2D eigenvalue weighted by molar-refractivity contribution is 6.07. The van der Waals surface area contributed by atoms with Crippen LogP contribution in [0.3, 0.4) is 0 Å². The Morgan fingerprint density at radius 2 is 2.09 bits per heavy atom. The number of nitrogens with one attached hydrogen (secondary N) is 2. The number of aliphatic carboxylic acids is 1. The molecule has 0 spiro atoms. The summed E-state index contributed by atoms with van der Waals surface area (Å²) < 4.78 is 0. The molecule has 3 heterocycles. The maximum atomic E-state index is 12.8. The molecule has 3 N–H and O–H groups in total. The first-order valence-electron chi connectivity index (χ1n) is 12.7. The smallest absolute Gasteiger partial charge is 0.326 e. The van der Waals surface area contributed by atoms with Crippen LogP contribution in [0.15, 0.2) is 36.5 Å². The molecule has 2 aliphatic rings. The van der Waals surface area contributed by atoms with Crippen molar-refractivity contribution < 1.29 is 14.7 Å². The summed E-state index contributed by atoms with van der Waals surface area (Å²) in [6, 6.07) is 8.82. The van der Waals surface area contributed by atoms with Crippen LogP contribution < -0.4 is 5.32 Å². The number of hydrogen-bond acceptors (Lipinski definition) is 5. The Morgan fingerprint density at radius 3 is 2.97 bits per heavy atom. The molecular formula is C27H33N5O3. The fraction of sp³-hybridized carbons (Fsp3) is 0.481. The molecule has 0 radical (unpaired) electrons. The fourth-order valence-corrected chi connectivity index (χ4v) is 5.44. The van der Waals surface area contributed by atoms with Crippen LogP contribution in [0.25, 0.3) is 10.9 Å². The molecule has 1 aliphatic carbocycles. The Kier molecular flexibility index (Phi) is 7.08. The first-order valence-corrected chi connectivity index (χ1v) is 12.7. The van der Waals surface area contributed by atoms with Crippen LogP contribution >= 0.6 is 0 Å². The van der Waals surface area contributed by atoms with Gasteiger partial charge < -0.3 is 15.3 Å². The third kappa shape index (κ3) is 5.53. The predicted octanol–water partition coefficient (Wildman–Crippen LogP) is 3.36. The minimum absolute atomic E-state index is 0.377. The van der Waals surface area contributed by atoms with E-state index in [1.165, 1.54) is 29.8 Å². The van der Waals surface area contributed by atoms with Gasteiger partial charge in [0.05, 0.1) is 17.3 Å². The zero-order chi connectivity index (χ0) is 24.2. The lowest BCUT2D eigenvalue weighted by Crippen LogP contribution is -2.43. The molecule has 3 aromatic rings. The maximum absolute atomic E-state index is 12.8. The van der Waals surface area contributed by atoms with Gasteiger partial charge in [0.25, 0.3) is 5.91 Å². The van der Waals surface area contributed by atoms with Gasteiger partial charge >= 0.3 is 5.97 Å². The molecule has 184 valence electrons. The molecule has 0 unspecified atom stereocenters. The van der Waals surface area contributed by atoms with Crippen molar-refractivity contribution in [3.05, 3.63) is 59.0 Å². The lowest BCUT2D eigenvalue weighted by Gasteiger charge is -2.20. The lowest BCUT2D eigenvalue weighted by molar-refractivity contribution is -0.139. The normalized spacial score (nSPS) is 18.9. The highest BCUT2D eigenvalue weighted by Gasteiger charge is 2.26. The van der Waals surface area contributed by atoms with E-state index in [4.69, 9.17) is 4.98 Å². The van der Waals surface area contributed by atoms with Crippen molar-refractivity contribution in [2.75, 3.05) is 19.6 Å². The average Bonchev–Trinajstić information content (AvgIpc) is 3.54. The zero-order valence-corrected chi connectivity index (χ0v) is 20.0. The van der Waals surface area contributed by atoms with E-state index >= 15 is 0 Å². The fourth-order valence-electron chi connectivity index (χ4n) is 5.44. The number of likely N-dealkylation sites (tertiary alicyclic amines) is 1. The standard InChI is InChI=1S/C27H33N5O3/c33-26(21-5-3-7-24-22(21)16-28-31-24)30-25(27(34)35)13-15-32-14-12-18(17-32)8-10-20-11-9-19-4-1-2-6-23(19)29-20/h3,5,7,9,11,16,18,25H,1-2,4,6,8,10,12-15,17H2,(H,28,31)(H,30,33)(H,34,35)/t18-,25+/m1/s1. The number of hydrogen-bond donors (Lipinski definition) is 3. The lowest BCUT2D eigenvalue weighted by atomic mass is 9.95. The molecule has 1 aliphatic heterocycles. The molecule has 2 atom stereocenters. The van der Waals surface area contributed by atoms with Crippen LogP contribution in [0.2, 0.25) is 0 Å². The summed E-state index contributed by atoms with van der Waals surface area (Å²) in [5, 5.41) is 19.9. The molecule has 1 amide bonds. The number of carboxylic acid groups (broad SMARTS) is 1. The summed E-state index contributed by atoms with van der Waals surface area (Å²) in [7, 11) is 0. The molecule has 5 rings (SSSR count). The number of carbonyl (C=O) groups is 2. The van der Waals surface area contributed by atoms with Crippen molar-refractivity contribution in [2.45, 2.75) is 57.4 Å². The summed E-state index contributed by atoms with van der Waals surface area (Å²) in [6.45, 7) is 2.59. The monoisotopic (exact) mass is 475 g/mol. The van der Waals surface area contributed by atoms with E-state index in [1.807, 2.05) is 6.07 Å². The Morgan fingerprint density at radius 1 is 1.20 bits per heavy atom. The number of amides is 1. The molecule has 0 bridgehead atoms. The number of carboxylic acids is 1. The largest absolute Gasteiger partial charge is 0.480 e. The van der Waals surface area contributed by atoms with E-state index in [1.54, 1.807) is 18.3 Å². The van der Waals surface area contributed by atoms with E-state index in [-0.39, 0.29) is 5.91 Å². The van der Waals surface area contributed by atoms with Crippen LogP contribution in [0.4, 0.5) is 0 Å². The van der Waals surface area contributed by atoms with Gasteiger partial charge in [-0.3, -0.25) is 14.9 Å². The molecule has 1 fully saturated rings. The van der Waals surface area contributed by atoms with Crippen molar-refractivity contribution in [3.63, 3.8) is 0 Å². The van der Waals surface area contributed by atoms with E-state index < -0.39 is 12.0 Å². The number of aromatic nitrogens is 3. The molecule has 1 aromatic carbocycles. The number of carbonyl (C=O) groups excluding carboxylic acids is 1. The number of rotatable bonds is 9. The van der Waals surface area contributed by atoms with Crippen LogP contribution in [0.5, 0.6) is 0 Å². The minimum atomic E-state index is -1.01. The van der Waals surface area contributed by atoms with Gasteiger partial charge in [0.15, 0.2) is 0 Å². The van der Waals surface area contributed by atoms with E-state index in [0.717, 1.165) is 50.7 Å². The van der Waals surface area contributed by atoms with Crippen molar-refractivity contribution in [2.24, 2.45) is 5.92 Å². The SMILES string of the molecule is O=C(N[C@@H](CCN1CC[C@@H](CCc2ccc3c(n2)CCCC3)C1)C(=O)O)c1cccc2[nH]ncc12. The van der Waals surface area contributed by atoms with Gasteiger partial charge in [-0.05, 0) is 87.6 Å². The highest BCUT2D eigenvalue weighted by atomic mass is 16.4. The Labute approximate surface area is 205 Å². The molecule has 35 heavy (non-hydrogen) atoms. The molecule has 8 heteroatoms.